The Hall–Kier alpha value is -1.72. The van der Waals surface area contributed by atoms with E-state index in [1.54, 1.807) is 30.3 Å². The van der Waals surface area contributed by atoms with Crippen molar-refractivity contribution in [3.63, 3.8) is 0 Å². The summed E-state index contributed by atoms with van der Waals surface area (Å²) >= 11 is 7.38. The van der Waals surface area contributed by atoms with Crippen molar-refractivity contribution in [2.24, 2.45) is 0 Å². The van der Waals surface area contributed by atoms with Gasteiger partial charge in [0.05, 0.1) is 18.6 Å². The average molecular weight is 354 g/mol. The molecular weight excluding hydrogens is 337 g/mol. The summed E-state index contributed by atoms with van der Waals surface area (Å²) in [6.45, 7) is 1.85. The third kappa shape index (κ3) is 4.88. The molecule has 0 aliphatic heterocycles. The number of nitrogens with one attached hydrogen (secondary N) is 1. The number of hydrogen-bond acceptors (Lipinski definition) is 3. The van der Waals surface area contributed by atoms with Gasteiger partial charge in [-0.05, 0) is 30.2 Å². The number of methoxy groups -OCH3 is 1. The van der Waals surface area contributed by atoms with E-state index < -0.39 is 0 Å². The van der Waals surface area contributed by atoms with Crippen LogP contribution in [0, 0.1) is 12.7 Å². The van der Waals surface area contributed by atoms with Gasteiger partial charge < -0.3 is 10.1 Å². The summed E-state index contributed by atoms with van der Waals surface area (Å²) in [6, 6.07) is 9.98. The molecule has 2 aromatic carbocycles. The van der Waals surface area contributed by atoms with Crippen LogP contribution >= 0.6 is 23.4 Å². The van der Waals surface area contributed by atoms with Gasteiger partial charge in [-0.3, -0.25) is 4.79 Å². The summed E-state index contributed by atoms with van der Waals surface area (Å²) in [7, 11) is 1.52. The van der Waals surface area contributed by atoms with Gasteiger partial charge in [-0.15, -0.1) is 11.8 Å². The second-order valence-electron chi connectivity index (χ2n) is 4.93. The molecule has 0 spiro atoms. The largest absolute Gasteiger partial charge is 0.495 e. The highest BCUT2D eigenvalue weighted by Gasteiger charge is 2.11. The number of aryl methyl sites for hydroxylation is 1. The van der Waals surface area contributed by atoms with Gasteiger partial charge in [0, 0.05) is 16.8 Å². The fraction of sp³-hybridized carbons (Fsp3) is 0.235. The Kier molecular flexibility index (Phi) is 6.30. The third-order valence-electron chi connectivity index (χ3n) is 3.20. The Labute approximate surface area is 144 Å². The van der Waals surface area contributed by atoms with Gasteiger partial charge in [0.25, 0.3) is 0 Å². The van der Waals surface area contributed by atoms with Crippen molar-refractivity contribution < 1.29 is 13.9 Å². The van der Waals surface area contributed by atoms with E-state index >= 15 is 0 Å². The molecule has 0 aliphatic carbocycles. The minimum Gasteiger partial charge on any atom is -0.495 e. The highest BCUT2D eigenvalue weighted by molar-refractivity contribution is 7.99. The van der Waals surface area contributed by atoms with Crippen molar-refractivity contribution in [1.82, 2.24) is 0 Å². The number of amides is 1. The maximum atomic E-state index is 13.5. The van der Waals surface area contributed by atoms with Gasteiger partial charge in [0.2, 0.25) is 5.91 Å². The Morgan fingerprint density at radius 1 is 1.35 bits per heavy atom. The molecule has 0 radical (unpaired) electrons. The normalized spacial score (nSPS) is 10.4. The molecule has 0 atom stereocenters. The molecule has 0 heterocycles. The van der Waals surface area contributed by atoms with Crippen LogP contribution in [-0.4, -0.2) is 18.8 Å². The van der Waals surface area contributed by atoms with Crippen molar-refractivity contribution in [2.45, 2.75) is 12.7 Å². The van der Waals surface area contributed by atoms with E-state index in [0.29, 0.717) is 27.8 Å². The minimum atomic E-state index is -0.254. The molecule has 122 valence electrons. The standard InChI is InChI=1S/C17H17ClFNO2S/c1-11-7-15(16(22-2)8-13(11)18)20-17(21)10-23-9-12-5-3-4-6-14(12)19/h3-8H,9-10H2,1-2H3,(H,20,21). The molecule has 1 N–H and O–H groups in total. The lowest BCUT2D eigenvalue weighted by atomic mass is 10.2. The molecule has 0 aromatic heterocycles. The van der Waals surface area contributed by atoms with E-state index in [2.05, 4.69) is 5.32 Å². The van der Waals surface area contributed by atoms with Crippen LogP contribution < -0.4 is 10.1 Å². The fourth-order valence-corrected chi connectivity index (χ4v) is 2.95. The summed E-state index contributed by atoms with van der Waals surface area (Å²) in [6.07, 6.45) is 0. The zero-order valence-electron chi connectivity index (χ0n) is 12.9. The SMILES string of the molecule is COc1cc(Cl)c(C)cc1NC(=O)CSCc1ccccc1F. The second-order valence-corrected chi connectivity index (χ2v) is 6.33. The summed E-state index contributed by atoms with van der Waals surface area (Å²) in [5.74, 6) is 0.741. The Morgan fingerprint density at radius 2 is 2.09 bits per heavy atom. The quantitative estimate of drug-likeness (QED) is 0.820. The number of rotatable bonds is 6. The average Bonchev–Trinajstić information content (AvgIpc) is 2.52. The molecule has 3 nitrogen and oxygen atoms in total. The van der Waals surface area contributed by atoms with E-state index in [1.165, 1.54) is 24.9 Å². The zero-order valence-corrected chi connectivity index (χ0v) is 14.4. The van der Waals surface area contributed by atoms with E-state index in [4.69, 9.17) is 16.3 Å². The lowest BCUT2D eigenvalue weighted by molar-refractivity contribution is -0.113. The number of ether oxygens (including phenoxy) is 1. The summed E-state index contributed by atoms with van der Waals surface area (Å²) in [5, 5.41) is 3.37. The van der Waals surface area contributed by atoms with Crippen molar-refractivity contribution in [1.29, 1.82) is 0 Å². The number of anilines is 1. The smallest absolute Gasteiger partial charge is 0.234 e. The number of carbonyl (C=O) groups is 1. The molecule has 0 unspecified atom stereocenters. The third-order valence-corrected chi connectivity index (χ3v) is 4.59. The summed E-state index contributed by atoms with van der Waals surface area (Å²) in [5.41, 5.74) is 2.01. The molecule has 0 fully saturated rings. The van der Waals surface area contributed by atoms with Crippen LogP contribution in [0.25, 0.3) is 0 Å². The molecule has 0 aliphatic rings. The number of halogens is 2. The van der Waals surface area contributed by atoms with E-state index in [0.717, 1.165) is 5.56 Å². The summed E-state index contributed by atoms with van der Waals surface area (Å²) < 4.78 is 18.7. The maximum absolute atomic E-state index is 13.5. The first-order valence-electron chi connectivity index (χ1n) is 6.96. The fourth-order valence-electron chi connectivity index (χ4n) is 1.99. The van der Waals surface area contributed by atoms with Crippen molar-refractivity contribution in [2.75, 3.05) is 18.2 Å². The van der Waals surface area contributed by atoms with Crippen LogP contribution in [0.15, 0.2) is 36.4 Å². The van der Waals surface area contributed by atoms with Crippen LogP contribution in [0.4, 0.5) is 10.1 Å². The van der Waals surface area contributed by atoms with Crippen molar-refractivity contribution in [3.05, 3.63) is 58.4 Å². The molecule has 23 heavy (non-hydrogen) atoms. The van der Waals surface area contributed by atoms with Crippen LogP contribution in [0.5, 0.6) is 5.75 Å². The Bertz CT molecular complexity index is 709. The number of carbonyl (C=O) groups excluding carboxylic acids is 1. The van der Waals surface area contributed by atoms with Crippen molar-refractivity contribution >= 4 is 35.0 Å². The maximum Gasteiger partial charge on any atom is 0.234 e. The highest BCUT2D eigenvalue weighted by Crippen LogP contribution is 2.31. The topological polar surface area (TPSA) is 38.3 Å². The van der Waals surface area contributed by atoms with Gasteiger partial charge in [-0.1, -0.05) is 29.8 Å². The molecule has 0 saturated carbocycles. The zero-order chi connectivity index (χ0) is 16.8. The van der Waals surface area contributed by atoms with Crippen molar-refractivity contribution in [3.8, 4) is 5.75 Å². The Balaban J connectivity index is 1.93. The lowest BCUT2D eigenvalue weighted by Crippen LogP contribution is -2.15. The summed E-state index contributed by atoms with van der Waals surface area (Å²) in [4.78, 5) is 12.0. The van der Waals surface area contributed by atoms with Crippen LogP contribution in [0.1, 0.15) is 11.1 Å². The molecule has 2 aromatic rings. The predicted octanol–water partition coefficient (Wildman–Crippen LogP) is 4.67. The van der Waals surface area contributed by atoms with Crippen LogP contribution in [0.3, 0.4) is 0 Å². The second kappa shape index (κ2) is 8.22. The molecule has 2 rings (SSSR count). The molecule has 0 saturated heterocycles. The number of thioether (sulfide) groups is 1. The monoisotopic (exact) mass is 353 g/mol. The molecule has 1 amide bonds. The predicted molar refractivity (Wildman–Crippen MR) is 93.9 cm³/mol. The van der Waals surface area contributed by atoms with Gasteiger partial charge in [-0.2, -0.15) is 0 Å². The molecule has 0 bridgehead atoms. The minimum absolute atomic E-state index is 0.175. The van der Waals surface area contributed by atoms with Crippen LogP contribution in [-0.2, 0) is 10.5 Å². The van der Waals surface area contributed by atoms with Gasteiger partial charge in [0.15, 0.2) is 0 Å². The number of benzene rings is 2. The van der Waals surface area contributed by atoms with E-state index in [-0.39, 0.29) is 17.5 Å². The van der Waals surface area contributed by atoms with E-state index in [9.17, 15) is 9.18 Å². The van der Waals surface area contributed by atoms with E-state index in [1.807, 2.05) is 6.92 Å². The Morgan fingerprint density at radius 3 is 2.78 bits per heavy atom. The first kappa shape index (κ1) is 17.6. The van der Waals surface area contributed by atoms with Gasteiger partial charge in [0.1, 0.15) is 11.6 Å². The first-order valence-corrected chi connectivity index (χ1v) is 8.49. The molecule has 6 heteroatoms. The molecular formula is C17H17ClFNO2S. The van der Waals surface area contributed by atoms with Gasteiger partial charge >= 0.3 is 0 Å². The first-order chi connectivity index (χ1) is 11.0. The van der Waals surface area contributed by atoms with Gasteiger partial charge in [-0.25, -0.2) is 4.39 Å². The lowest BCUT2D eigenvalue weighted by Gasteiger charge is -2.12. The number of hydrogen-bond donors (Lipinski definition) is 1. The van der Waals surface area contributed by atoms with Crippen LogP contribution in [0.2, 0.25) is 5.02 Å². The highest BCUT2D eigenvalue weighted by atomic mass is 35.5.